The fourth-order valence-corrected chi connectivity index (χ4v) is 2.42. The Morgan fingerprint density at radius 3 is 2.53 bits per heavy atom. The van der Waals surface area contributed by atoms with Crippen LogP contribution in [0.1, 0.15) is 51.9 Å². The van der Waals surface area contributed by atoms with E-state index in [4.69, 9.17) is 0 Å². The molecule has 1 unspecified atom stereocenters. The monoisotopic (exact) mass is 216 g/mol. The number of alkyl halides is 2. The lowest BCUT2D eigenvalue weighted by Crippen LogP contribution is -2.28. The minimum absolute atomic E-state index is 0.00889. The van der Waals surface area contributed by atoms with Gasteiger partial charge in [0.05, 0.1) is 0 Å². The molecule has 0 bridgehead atoms. The smallest absolute Gasteiger partial charge is 0.248 e. The second kappa shape index (κ2) is 3.53. The quantitative estimate of drug-likeness (QED) is 0.704. The van der Waals surface area contributed by atoms with E-state index in [0.717, 1.165) is 19.3 Å². The number of hydrogen-bond acceptors (Lipinski definition) is 1. The van der Waals surface area contributed by atoms with Crippen molar-refractivity contribution in [2.45, 2.75) is 57.8 Å². The van der Waals surface area contributed by atoms with Crippen LogP contribution in [0.2, 0.25) is 0 Å². The fraction of sp³-hybridized carbons (Fsp3) is 0.917. The molecule has 3 heteroatoms. The van der Waals surface area contributed by atoms with Crippen molar-refractivity contribution in [3.8, 4) is 0 Å². The van der Waals surface area contributed by atoms with Gasteiger partial charge in [0.1, 0.15) is 5.78 Å². The highest BCUT2D eigenvalue weighted by Crippen LogP contribution is 2.48. The average Bonchev–Trinajstić information content (AvgIpc) is 2.83. The first kappa shape index (κ1) is 11.0. The summed E-state index contributed by atoms with van der Waals surface area (Å²) in [6.07, 6.45) is 3.60. The van der Waals surface area contributed by atoms with Gasteiger partial charge in [-0.1, -0.05) is 6.92 Å². The maximum atomic E-state index is 13.1. The molecule has 0 saturated heterocycles. The largest absolute Gasteiger partial charge is 0.299 e. The van der Waals surface area contributed by atoms with Crippen molar-refractivity contribution >= 4 is 5.78 Å². The Balaban J connectivity index is 1.86. The Morgan fingerprint density at radius 1 is 1.33 bits per heavy atom. The van der Waals surface area contributed by atoms with Gasteiger partial charge in [0.2, 0.25) is 5.92 Å². The first-order valence-corrected chi connectivity index (χ1v) is 5.82. The van der Waals surface area contributed by atoms with E-state index in [1.807, 2.05) is 6.92 Å². The Morgan fingerprint density at radius 2 is 2.00 bits per heavy atom. The first-order chi connectivity index (χ1) is 6.91. The normalized spacial score (nSPS) is 32.3. The number of hydrogen-bond donors (Lipinski definition) is 0. The van der Waals surface area contributed by atoms with Gasteiger partial charge in [0.15, 0.2) is 0 Å². The zero-order chi connectivity index (χ0) is 11.1. The minimum Gasteiger partial charge on any atom is -0.299 e. The summed E-state index contributed by atoms with van der Waals surface area (Å²) >= 11 is 0. The lowest BCUT2D eigenvalue weighted by Gasteiger charge is -2.29. The van der Waals surface area contributed by atoms with Gasteiger partial charge >= 0.3 is 0 Å². The van der Waals surface area contributed by atoms with Crippen LogP contribution in [0.3, 0.4) is 0 Å². The van der Waals surface area contributed by atoms with Crippen LogP contribution >= 0.6 is 0 Å². The van der Waals surface area contributed by atoms with Crippen LogP contribution in [0.5, 0.6) is 0 Å². The van der Waals surface area contributed by atoms with Crippen LogP contribution in [0.15, 0.2) is 0 Å². The molecule has 2 rings (SSSR count). The molecule has 1 atom stereocenters. The molecule has 1 nitrogen and oxygen atoms in total. The van der Waals surface area contributed by atoms with Crippen molar-refractivity contribution in [2.75, 3.05) is 0 Å². The van der Waals surface area contributed by atoms with Crippen molar-refractivity contribution in [1.82, 2.24) is 0 Å². The van der Waals surface area contributed by atoms with Gasteiger partial charge in [-0.25, -0.2) is 8.78 Å². The fourth-order valence-electron chi connectivity index (χ4n) is 2.42. The van der Waals surface area contributed by atoms with Crippen LogP contribution in [-0.2, 0) is 4.79 Å². The molecule has 0 aromatic carbocycles. The summed E-state index contributed by atoms with van der Waals surface area (Å²) < 4.78 is 26.2. The Hall–Kier alpha value is -0.470. The van der Waals surface area contributed by atoms with Gasteiger partial charge in [-0.2, -0.15) is 0 Å². The van der Waals surface area contributed by atoms with E-state index in [-0.39, 0.29) is 30.0 Å². The zero-order valence-corrected chi connectivity index (χ0v) is 9.19. The summed E-state index contributed by atoms with van der Waals surface area (Å²) in [7, 11) is 0. The number of rotatable bonds is 3. The SMILES string of the molecule is CC1(C(=O)CC2CCCC(F)(F)C2)CC1. The molecule has 0 radical (unpaired) electrons. The molecule has 2 fully saturated rings. The summed E-state index contributed by atoms with van der Waals surface area (Å²) in [5.41, 5.74) is -0.146. The second-order valence-corrected chi connectivity index (χ2v) is 5.51. The zero-order valence-electron chi connectivity index (χ0n) is 9.19. The number of Topliss-reactive ketones (excluding diaryl/α,β-unsaturated/α-hetero) is 1. The van der Waals surface area contributed by atoms with Crippen molar-refractivity contribution in [3.05, 3.63) is 0 Å². The predicted molar refractivity (Wildman–Crippen MR) is 53.9 cm³/mol. The van der Waals surface area contributed by atoms with E-state index in [1.165, 1.54) is 0 Å². The molecule has 2 saturated carbocycles. The minimum atomic E-state index is -2.52. The molecular weight excluding hydrogens is 198 g/mol. The van der Waals surface area contributed by atoms with Crippen LogP contribution < -0.4 is 0 Å². The standard InChI is InChI=1S/C12H18F2O/c1-11(5-6-11)10(15)7-9-3-2-4-12(13,14)8-9/h9H,2-8H2,1H3. The maximum Gasteiger partial charge on any atom is 0.248 e. The highest BCUT2D eigenvalue weighted by molar-refractivity contribution is 5.87. The summed E-state index contributed by atoms with van der Waals surface area (Å²) in [6.45, 7) is 1.95. The molecule has 0 amide bonds. The van der Waals surface area contributed by atoms with Crippen LogP contribution in [0.4, 0.5) is 8.78 Å². The van der Waals surface area contributed by atoms with Crippen LogP contribution in [0, 0.1) is 11.3 Å². The Kier molecular flexibility index (Phi) is 2.60. The molecule has 15 heavy (non-hydrogen) atoms. The molecular formula is C12H18F2O. The molecule has 0 N–H and O–H groups in total. The number of carbonyl (C=O) groups excluding carboxylic acids is 1. The van der Waals surface area contributed by atoms with Crippen molar-refractivity contribution < 1.29 is 13.6 Å². The van der Waals surface area contributed by atoms with Crippen LogP contribution in [-0.4, -0.2) is 11.7 Å². The highest BCUT2D eigenvalue weighted by Gasteiger charge is 2.46. The number of ketones is 1. The third-order valence-electron chi connectivity index (χ3n) is 3.89. The summed E-state index contributed by atoms with van der Waals surface area (Å²) in [5, 5.41) is 0. The molecule has 2 aliphatic carbocycles. The maximum absolute atomic E-state index is 13.1. The predicted octanol–water partition coefficient (Wildman–Crippen LogP) is 3.57. The van der Waals surface area contributed by atoms with Crippen molar-refractivity contribution in [3.63, 3.8) is 0 Å². The van der Waals surface area contributed by atoms with E-state index < -0.39 is 5.92 Å². The average molecular weight is 216 g/mol. The second-order valence-electron chi connectivity index (χ2n) is 5.51. The van der Waals surface area contributed by atoms with Crippen LogP contribution in [0.25, 0.3) is 0 Å². The molecule has 2 aliphatic rings. The van der Waals surface area contributed by atoms with Crippen molar-refractivity contribution in [2.24, 2.45) is 11.3 Å². The molecule has 0 aromatic heterocycles. The van der Waals surface area contributed by atoms with E-state index in [0.29, 0.717) is 12.8 Å². The van der Waals surface area contributed by atoms with E-state index >= 15 is 0 Å². The summed E-state index contributed by atoms with van der Waals surface area (Å²) in [6, 6.07) is 0. The van der Waals surface area contributed by atoms with E-state index in [9.17, 15) is 13.6 Å². The van der Waals surface area contributed by atoms with Crippen molar-refractivity contribution in [1.29, 1.82) is 0 Å². The molecule has 86 valence electrons. The molecule has 0 heterocycles. The van der Waals surface area contributed by atoms with E-state index in [1.54, 1.807) is 0 Å². The molecule has 0 aromatic rings. The third kappa shape index (κ3) is 2.56. The Bertz CT molecular complexity index is 269. The van der Waals surface area contributed by atoms with Gasteiger partial charge in [-0.3, -0.25) is 4.79 Å². The van der Waals surface area contributed by atoms with Gasteiger partial charge in [-0.15, -0.1) is 0 Å². The number of carbonyl (C=O) groups is 1. The molecule has 0 spiro atoms. The van der Waals surface area contributed by atoms with E-state index in [2.05, 4.69) is 0 Å². The van der Waals surface area contributed by atoms with Gasteiger partial charge < -0.3 is 0 Å². The number of halogens is 2. The summed E-state index contributed by atoms with van der Waals surface area (Å²) in [5.74, 6) is -2.38. The van der Waals surface area contributed by atoms with Gasteiger partial charge in [0, 0.05) is 24.7 Å². The highest BCUT2D eigenvalue weighted by atomic mass is 19.3. The topological polar surface area (TPSA) is 17.1 Å². The summed E-state index contributed by atoms with van der Waals surface area (Å²) in [4.78, 5) is 11.8. The first-order valence-electron chi connectivity index (χ1n) is 5.82. The lowest BCUT2D eigenvalue weighted by molar-refractivity contribution is -0.126. The third-order valence-corrected chi connectivity index (χ3v) is 3.89. The van der Waals surface area contributed by atoms with Gasteiger partial charge in [0.25, 0.3) is 0 Å². The van der Waals surface area contributed by atoms with Gasteiger partial charge in [-0.05, 0) is 31.6 Å². The molecule has 0 aliphatic heterocycles. The lowest BCUT2D eigenvalue weighted by atomic mass is 9.81. The Labute approximate surface area is 89.2 Å².